The Morgan fingerprint density at radius 3 is 2.22 bits per heavy atom. The van der Waals surface area contributed by atoms with Gasteiger partial charge in [-0.05, 0) is 37.4 Å². The fourth-order valence-electron chi connectivity index (χ4n) is 2.54. The van der Waals surface area contributed by atoms with Crippen molar-refractivity contribution in [3.8, 4) is 0 Å². The highest BCUT2D eigenvalue weighted by Gasteiger charge is 2.14. The van der Waals surface area contributed by atoms with Crippen LogP contribution in [-0.2, 0) is 17.9 Å². The Hall–Kier alpha value is -2.31. The van der Waals surface area contributed by atoms with E-state index in [0.717, 1.165) is 17.0 Å². The lowest BCUT2D eigenvalue weighted by Gasteiger charge is -2.15. The maximum Gasteiger partial charge on any atom is 0.252 e. The molecule has 5 nitrogen and oxygen atoms in total. The topological polar surface area (TPSA) is 52.7 Å². The number of hydrogen-bond donors (Lipinski definition) is 1. The summed E-state index contributed by atoms with van der Waals surface area (Å²) in [6.45, 7) is 1.30. The number of hydrogen-bond acceptors (Lipinski definition) is 4. The molecule has 144 valence electrons. The molecule has 0 fully saturated rings. The second-order valence-corrected chi connectivity index (χ2v) is 7.78. The Bertz CT molecular complexity index is 791. The number of carbonyl (C=O) groups excluding carboxylic acids is 2. The number of carbonyl (C=O) groups is 2. The van der Waals surface area contributed by atoms with Crippen LogP contribution in [0.1, 0.15) is 21.5 Å². The Kier molecular flexibility index (Phi) is 7.88. The molecule has 0 aliphatic carbocycles. The standard InChI is InChI=1S/C21H27N3O2S/c1-23(2)14-17-10-6-5-9-16(17)13-22-21(26)18-11-7-8-12-19(18)27-15-20(25)24(3)4/h5-12H,13-15H2,1-4H3,(H,22,26). The van der Waals surface area contributed by atoms with Crippen LogP contribution in [0.2, 0.25) is 0 Å². The maximum atomic E-state index is 12.7. The number of rotatable bonds is 8. The van der Waals surface area contributed by atoms with Crippen molar-refractivity contribution in [1.82, 2.24) is 15.1 Å². The van der Waals surface area contributed by atoms with Gasteiger partial charge in [-0.25, -0.2) is 0 Å². The van der Waals surface area contributed by atoms with Crippen LogP contribution in [0.4, 0.5) is 0 Å². The normalized spacial score (nSPS) is 10.7. The largest absolute Gasteiger partial charge is 0.348 e. The van der Waals surface area contributed by atoms with E-state index in [1.807, 2.05) is 50.5 Å². The average Bonchev–Trinajstić information content (AvgIpc) is 2.64. The second-order valence-electron chi connectivity index (χ2n) is 6.76. The van der Waals surface area contributed by atoms with E-state index in [1.54, 1.807) is 25.1 Å². The van der Waals surface area contributed by atoms with Gasteiger partial charge < -0.3 is 15.1 Å². The van der Waals surface area contributed by atoms with E-state index in [4.69, 9.17) is 0 Å². The van der Waals surface area contributed by atoms with Crippen LogP contribution in [0.15, 0.2) is 53.4 Å². The Labute approximate surface area is 165 Å². The fraction of sp³-hybridized carbons (Fsp3) is 0.333. The molecule has 0 aliphatic heterocycles. The fourth-order valence-corrected chi connectivity index (χ4v) is 3.57. The third-order valence-electron chi connectivity index (χ3n) is 4.03. The number of nitrogens with zero attached hydrogens (tertiary/aromatic N) is 2. The van der Waals surface area contributed by atoms with Gasteiger partial charge >= 0.3 is 0 Å². The van der Waals surface area contributed by atoms with E-state index < -0.39 is 0 Å². The van der Waals surface area contributed by atoms with Crippen LogP contribution in [-0.4, -0.2) is 55.6 Å². The molecule has 1 N–H and O–H groups in total. The van der Waals surface area contributed by atoms with E-state index >= 15 is 0 Å². The van der Waals surface area contributed by atoms with Gasteiger partial charge in [0.15, 0.2) is 0 Å². The van der Waals surface area contributed by atoms with E-state index in [2.05, 4.69) is 16.3 Å². The number of amides is 2. The number of benzene rings is 2. The molecule has 0 aromatic heterocycles. The molecule has 2 amide bonds. The van der Waals surface area contributed by atoms with Crippen molar-refractivity contribution in [2.75, 3.05) is 33.9 Å². The van der Waals surface area contributed by atoms with Crippen LogP contribution >= 0.6 is 11.8 Å². The molecule has 0 radical (unpaired) electrons. The molecule has 0 atom stereocenters. The molecule has 27 heavy (non-hydrogen) atoms. The molecule has 0 saturated heterocycles. The van der Waals surface area contributed by atoms with Crippen LogP contribution in [0.5, 0.6) is 0 Å². The molecule has 0 aliphatic rings. The first-order valence-electron chi connectivity index (χ1n) is 8.80. The second kappa shape index (κ2) is 10.1. The predicted octanol–water partition coefficient (Wildman–Crippen LogP) is 2.86. The van der Waals surface area contributed by atoms with Crippen molar-refractivity contribution >= 4 is 23.6 Å². The van der Waals surface area contributed by atoms with Crippen molar-refractivity contribution in [3.63, 3.8) is 0 Å². The van der Waals surface area contributed by atoms with E-state index in [9.17, 15) is 9.59 Å². The van der Waals surface area contributed by atoms with E-state index in [0.29, 0.717) is 17.9 Å². The first kappa shape index (κ1) is 21.0. The lowest BCUT2D eigenvalue weighted by atomic mass is 10.1. The van der Waals surface area contributed by atoms with Crippen molar-refractivity contribution in [3.05, 3.63) is 65.2 Å². The molecule has 0 unspecified atom stereocenters. The van der Waals surface area contributed by atoms with Crippen LogP contribution in [0.25, 0.3) is 0 Å². The molecule has 6 heteroatoms. The highest BCUT2D eigenvalue weighted by atomic mass is 32.2. The number of thioether (sulfide) groups is 1. The molecule has 2 aromatic carbocycles. The van der Waals surface area contributed by atoms with Crippen LogP contribution in [0.3, 0.4) is 0 Å². The minimum absolute atomic E-state index is 0.0211. The van der Waals surface area contributed by atoms with Gasteiger partial charge in [-0.2, -0.15) is 0 Å². The minimum Gasteiger partial charge on any atom is -0.348 e. The van der Waals surface area contributed by atoms with Gasteiger partial charge in [0.2, 0.25) is 5.91 Å². The van der Waals surface area contributed by atoms with E-state index in [-0.39, 0.29) is 11.8 Å². The van der Waals surface area contributed by atoms with Gasteiger partial charge in [-0.1, -0.05) is 36.4 Å². The molecule has 2 aromatic rings. The first-order valence-corrected chi connectivity index (χ1v) is 9.78. The van der Waals surface area contributed by atoms with Crippen molar-refractivity contribution in [2.45, 2.75) is 18.0 Å². The summed E-state index contributed by atoms with van der Waals surface area (Å²) in [4.78, 5) is 29.0. The summed E-state index contributed by atoms with van der Waals surface area (Å²) in [6, 6.07) is 15.5. The molecule has 0 heterocycles. The van der Waals surface area contributed by atoms with Crippen molar-refractivity contribution < 1.29 is 9.59 Å². The summed E-state index contributed by atoms with van der Waals surface area (Å²) in [5.74, 6) is 0.200. The third kappa shape index (κ3) is 6.41. The number of nitrogens with one attached hydrogen (secondary N) is 1. The summed E-state index contributed by atoms with van der Waals surface area (Å²) in [7, 11) is 7.51. The first-order chi connectivity index (χ1) is 12.9. The molecule has 0 bridgehead atoms. The summed E-state index contributed by atoms with van der Waals surface area (Å²) < 4.78 is 0. The molecular weight excluding hydrogens is 358 g/mol. The zero-order valence-corrected chi connectivity index (χ0v) is 17.2. The van der Waals surface area contributed by atoms with Crippen molar-refractivity contribution in [1.29, 1.82) is 0 Å². The summed E-state index contributed by atoms with van der Waals surface area (Å²) in [5.41, 5.74) is 2.90. The molecule has 0 saturated carbocycles. The van der Waals surface area contributed by atoms with Gasteiger partial charge in [0.1, 0.15) is 0 Å². The predicted molar refractivity (Wildman–Crippen MR) is 111 cm³/mol. The highest BCUT2D eigenvalue weighted by Crippen LogP contribution is 2.23. The Balaban J connectivity index is 2.06. The Morgan fingerprint density at radius 1 is 0.926 bits per heavy atom. The maximum absolute atomic E-state index is 12.7. The molecule has 2 rings (SSSR count). The quantitative estimate of drug-likeness (QED) is 0.710. The summed E-state index contributed by atoms with van der Waals surface area (Å²) in [6.07, 6.45) is 0. The highest BCUT2D eigenvalue weighted by molar-refractivity contribution is 8.00. The minimum atomic E-state index is -0.130. The third-order valence-corrected chi connectivity index (χ3v) is 5.08. The zero-order valence-electron chi connectivity index (χ0n) is 16.4. The van der Waals surface area contributed by atoms with Gasteiger partial charge in [-0.3, -0.25) is 9.59 Å². The monoisotopic (exact) mass is 385 g/mol. The van der Waals surface area contributed by atoms with Crippen molar-refractivity contribution in [2.24, 2.45) is 0 Å². The zero-order chi connectivity index (χ0) is 19.8. The van der Waals surface area contributed by atoms with Crippen LogP contribution in [0, 0.1) is 0 Å². The Morgan fingerprint density at radius 2 is 1.56 bits per heavy atom. The lowest BCUT2D eigenvalue weighted by molar-refractivity contribution is -0.125. The molecular formula is C21H27N3O2S. The molecule has 0 spiro atoms. The smallest absolute Gasteiger partial charge is 0.252 e. The summed E-state index contributed by atoms with van der Waals surface area (Å²) >= 11 is 1.39. The SMILES string of the molecule is CN(C)Cc1ccccc1CNC(=O)c1ccccc1SCC(=O)N(C)C. The lowest BCUT2D eigenvalue weighted by Crippen LogP contribution is -2.25. The summed E-state index contributed by atoms with van der Waals surface area (Å²) in [5, 5.41) is 3.01. The van der Waals surface area contributed by atoms with Crippen LogP contribution < -0.4 is 5.32 Å². The van der Waals surface area contributed by atoms with Gasteiger partial charge in [0.25, 0.3) is 5.91 Å². The van der Waals surface area contributed by atoms with Gasteiger partial charge in [0.05, 0.1) is 11.3 Å². The van der Waals surface area contributed by atoms with Gasteiger partial charge in [-0.15, -0.1) is 11.8 Å². The van der Waals surface area contributed by atoms with E-state index in [1.165, 1.54) is 17.3 Å². The van der Waals surface area contributed by atoms with Gasteiger partial charge in [0, 0.05) is 32.1 Å². The average molecular weight is 386 g/mol.